The second-order valence-corrected chi connectivity index (χ2v) is 8.15. The van der Waals surface area contributed by atoms with Gasteiger partial charge in [-0.2, -0.15) is 5.43 Å². The van der Waals surface area contributed by atoms with Crippen molar-refractivity contribution in [3.63, 3.8) is 0 Å². The van der Waals surface area contributed by atoms with Gasteiger partial charge < -0.3 is 20.3 Å². The first kappa shape index (κ1) is 25.1. The van der Waals surface area contributed by atoms with Crippen LogP contribution in [0.15, 0.2) is 52.6 Å². The lowest BCUT2D eigenvalue weighted by Gasteiger charge is -2.10. The molecule has 0 fully saturated rings. The van der Waals surface area contributed by atoms with Gasteiger partial charge in [0.2, 0.25) is 0 Å². The number of unbranched alkanes of at least 4 members (excludes halogenated alkanes) is 1. The highest BCUT2D eigenvalue weighted by molar-refractivity contribution is 7.85. The van der Waals surface area contributed by atoms with Gasteiger partial charge >= 0.3 is 5.97 Å². The lowest BCUT2D eigenvalue weighted by molar-refractivity contribution is -0.580. The Kier molecular flexibility index (Phi) is 9.40. The van der Waals surface area contributed by atoms with E-state index in [4.69, 9.17) is 5.11 Å². The van der Waals surface area contributed by atoms with Gasteiger partial charge in [-0.15, -0.1) is 0 Å². The first-order valence-electron chi connectivity index (χ1n) is 9.78. The van der Waals surface area contributed by atoms with Crippen LogP contribution < -0.4 is 16.1 Å². The molecule has 1 aromatic carbocycles. The number of nitrogens with zero attached hydrogens (tertiary/aromatic N) is 2. The van der Waals surface area contributed by atoms with Crippen LogP contribution in [0.1, 0.15) is 35.2 Å². The molecule has 0 saturated carbocycles. The molecule has 11 nitrogen and oxygen atoms in total. The molecule has 1 atom stereocenters. The van der Waals surface area contributed by atoms with Crippen LogP contribution in [0.25, 0.3) is 0 Å². The number of nitrogens with one attached hydrogen (secondary N) is 2. The van der Waals surface area contributed by atoms with E-state index < -0.39 is 22.1 Å². The Labute approximate surface area is 185 Å². The van der Waals surface area contributed by atoms with Crippen LogP contribution >= 0.6 is 0 Å². The van der Waals surface area contributed by atoms with Crippen LogP contribution in [0.5, 0.6) is 0 Å². The number of rotatable bonds is 12. The Balaban J connectivity index is 1.83. The molecule has 2 aromatic rings. The van der Waals surface area contributed by atoms with E-state index in [0.29, 0.717) is 37.2 Å². The maximum atomic E-state index is 12.2. The van der Waals surface area contributed by atoms with Gasteiger partial charge in [-0.1, -0.05) is 23.3 Å². The number of likely N-dealkylation sites (N-methyl/N-ethyl adjacent to an activating group) is 1. The second-order valence-electron chi connectivity index (χ2n) is 6.80. The van der Waals surface area contributed by atoms with Crippen molar-refractivity contribution in [2.45, 2.75) is 30.2 Å². The minimum Gasteiger partial charge on any atom is -0.744 e. The first-order valence-corrected chi connectivity index (χ1v) is 11.2. The number of benzene rings is 1. The Morgan fingerprint density at radius 2 is 2.00 bits per heavy atom. The molecule has 0 aliphatic heterocycles. The largest absolute Gasteiger partial charge is 0.744 e. The lowest BCUT2D eigenvalue weighted by atomic mass is 10.1. The molecule has 0 saturated heterocycles. The molecule has 5 N–H and O–H groups in total. The molecule has 0 radical (unpaired) electrons. The van der Waals surface area contributed by atoms with Crippen LogP contribution in [0.4, 0.5) is 5.82 Å². The summed E-state index contributed by atoms with van der Waals surface area (Å²) >= 11 is 0. The lowest BCUT2D eigenvalue weighted by Crippen LogP contribution is -2.71. The Bertz CT molecular complexity index is 1060. The fraction of sp³-hybridized carbons (Fsp3) is 0.300. The van der Waals surface area contributed by atoms with Gasteiger partial charge in [0.1, 0.15) is 16.2 Å². The number of aromatic nitrogens is 1. The van der Waals surface area contributed by atoms with Crippen LogP contribution in [-0.4, -0.2) is 60.8 Å². The van der Waals surface area contributed by atoms with Gasteiger partial charge in [-0.25, -0.2) is 13.4 Å². The molecule has 172 valence electrons. The van der Waals surface area contributed by atoms with E-state index in [1.54, 1.807) is 25.2 Å². The summed E-state index contributed by atoms with van der Waals surface area (Å²) < 4.78 is 33.8. The maximum absolute atomic E-state index is 12.2. The molecule has 0 spiro atoms. The smallest absolute Gasteiger partial charge is 0.320 e. The average Bonchev–Trinajstić information content (AvgIpc) is 2.76. The summed E-state index contributed by atoms with van der Waals surface area (Å²) in [6.45, 7) is 0.412. The summed E-state index contributed by atoms with van der Waals surface area (Å²) in [4.78, 5) is 26.8. The average molecular weight is 464 g/mol. The fourth-order valence-corrected chi connectivity index (χ4v) is 3.45. The first-order chi connectivity index (χ1) is 15.2. The molecular formula is C20H25N5O6S. The monoisotopic (exact) mass is 463 g/mol. The van der Waals surface area contributed by atoms with Crippen molar-refractivity contribution in [2.75, 3.05) is 13.6 Å². The topological polar surface area (TPSA) is 177 Å². The van der Waals surface area contributed by atoms with Crippen LogP contribution in [-0.2, 0) is 14.9 Å². The molecule has 1 aromatic heterocycles. The third-order valence-corrected chi connectivity index (χ3v) is 5.42. The van der Waals surface area contributed by atoms with Crippen LogP contribution in [0.3, 0.4) is 0 Å². The summed E-state index contributed by atoms with van der Waals surface area (Å²) in [7, 11) is -3.02. The number of hydrogen-bond acceptors (Lipinski definition) is 8. The van der Waals surface area contributed by atoms with Crippen LogP contribution in [0.2, 0.25) is 0 Å². The number of aliphatic carboxylic acids is 1. The zero-order valence-electron chi connectivity index (χ0n) is 17.4. The van der Waals surface area contributed by atoms with E-state index in [0.717, 1.165) is 0 Å². The highest BCUT2D eigenvalue weighted by atomic mass is 32.2. The number of amides is 1. The van der Waals surface area contributed by atoms with E-state index in [-0.39, 0.29) is 16.4 Å². The van der Waals surface area contributed by atoms with E-state index in [9.17, 15) is 22.6 Å². The molecular weight excluding hydrogens is 438 g/mol. The number of carbonyl (C=O) groups excluding carboxylic acids is 1. The number of nitrogens with two attached hydrogens (primary N) is 1. The minimum absolute atomic E-state index is 0.166. The maximum Gasteiger partial charge on any atom is 0.320 e. The molecule has 0 aliphatic rings. The number of carboxylic acid groups (broad SMARTS) is 1. The van der Waals surface area contributed by atoms with Crippen LogP contribution in [0, 0.1) is 0 Å². The molecule has 0 aliphatic carbocycles. The van der Waals surface area contributed by atoms with Crippen molar-refractivity contribution in [2.24, 2.45) is 5.10 Å². The van der Waals surface area contributed by atoms with Gasteiger partial charge in [0.15, 0.2) is 0 Å². The molecule has 1 amide bonds. The number of pyridine rings is 1. The van der Waals surface area contributed by atoms with Crippen molar-refractivity contribution < 1.29 is 33.1 Å². The van der Waals surface area contributed by atoms with Gasteiger partial charge in [0.05, 0.1) is 16.7 Å². The predicted molar refractivity (Wildman–Crippen MR) is 114 cm³/mol. The zero-order chi connectivity index (χ0) is 23.6. The molecule has 2 rings (SSSR count). The summed E-state index contributed by atoms with van der Waals surface area (Å²) in [6.07, 6.45) is 4.40. The number of carbonyl (C=O) groups is 2. The Morgan fingerprint density at radius 1 is 1.25 bits per heavy atom. The second kappa shape index (κ2) is 12.0. The molecule has 32 heavy (non-hydrogen) atoms. The van der Waals surface area contributed by atoms with Crippen molar-refractivity contribution in [1.82, 2.24) is 15.6 Å². The molecule has 0 bridgehead atoms. The summed E-state index contributed by atoms with van der Waals surface area (Å²) in [5.41, 5.74) is 1.89. The van der Waals surface area contributed by atoms with Gasteiger partial charge in [-0.05, 0) is 38.4 Å². The van der Waals surface area contributed by atoms with E-state index in [2.05, 4.69) is 20.7 Å². The third-order valence-electron chi connectivity index (χ3n) is 4.51. The van der Waals surface area contributed by atoms with Gasteiger partial charge in [-0.3, -0.25) is 9.59 Å². The normalized spacial score (nSPS) is 12.6. The summed E-state index contributed by atoms with van der Waals surface area (Å²) in [5, 5.41) is 18.4. The van der Waals surface area contributed by atoms with Gasteiger partial charge in [0.25, 0.3) is 11.7 Å². The highest BCUT2D eigenvalue weighted by Gasteiger charge is 2.14. The van der Waals surface area contributed by atoms with Crippen molar-refractivity contribution in [1.29, 1.82) is 0 Å². The summed E-state index contributed by atoms with van der Waals surface area (Å²) in [6, 6.07) is 8.26. The van der Waals surface area contributed by atoms with Crippen molar-refractivity contribution in [3.05, 3.63) is 53.7 Å². The molecule has 12 heteroatoms. The SMILES string of the molecule is CN[C@@H](CCCCNC(=O)c1ccc([NH2+]/N=C/c2ccccc2S(=O)(=O)[O-])nc1)C(=O)O. The van der Waals surface area contributed by atoms with E-state index in [1.807, 2.05) is 0 Å². The van der Waals surface area contributed by atoms with Gasteiger partial charge in [0, 0.05) is 24.4 Å². The quantitative estimate of drug-likeness (QED) is 0.110. The third kappa shape index (κ3) is 7.81. The fourth-order valence-electron chi connectivity index (χ4n) is 2.79. The summed E-state index contributed by atoms with van der Waals surface area (Å²) in [5.74, 6) is -0.763. The Morgan fingerprint density at radius 3 is 2.62 bits per heavy atom. The van der Waals surface area contributed by atoms with Crippen molar-refractivity contribution in [3.8, 4) is 0 Å². The number of carboxylic acids is 1. The predicted octanol–water partition coefficient (Wildman–Crippen LogP) is -0.213. The molecule has 0 unspecified atom stereocenters. The Hall–Kier alpha value is -3.19. The minimum atomic E-state index is -4.61. The highest BCUT2D eigenvalue weighted by Crippen LogP contribution is 2.12. The standard InChI is InChI=1S/C20H25N5O6S/c1-21-16(20(27)28)7-4-5-11-22-19(26)15-9-10-18(23-12-15)25-24-13-14-6-2-3-8-17(14)32(29,30)31/h2-3,6,8-10,12-13,16,21H,4-5,7,11H2,1H3,(H,22,26)(H,23,25)(H,27,28)(H,29,30,31)/b24-13+/t16-/m0/s1. The van der Waals surface area contributed by atoms with E-state index >= 15 is 0 Å². The molecule has 1 heterocycles. The number of hydrogen-bond donors (Lipinski definition) is 4. The van der Waals surface area contributed by atoms with Crippen molar-refractivity contribution >= 4 is 34.0 Å². The zero-order valence-corrected chi connectivity index (χ0v) is 18.2. The number of quaternary nitrogens is 1. The van der Waals surface area contributed by atoms with E-state index in [1.165, 1.54) is 36.0 Å².